The molecule has 3 N–H and O–H groups in total. The molecule has 0 aromatic heterocycles. The summed E-state index contributed by atoms with van der Waals surface area (Å²) in [6, 6.07) is 9.91. The van der Waals surface area contributed by atoms with Crippen LogP contribution in [0.15, 0.2) is 30.3 Å². The zero-order valence-electron chi connectivity index (χ0n) is 10.9. The number of carbonyl (C=O) groups is 1. The van der Waals surface area contributed by atoms with E-state index in [0.29, 0.717) is 5.92 Å². The minimum absolute atomic E-state index is 0.153. The molecule has 2 rings (SSSR count). The van der Waals surface area contributed by atoms with Crippen LogP contribution >= 0.6 is 0 Å². The SMILES string of the molecule is CC(N)C1CCC(C(=O)Nc2ccccc2)CC1. The fraction of sp³-hybridized carbons (Fsp3) is 0.533. The van der Waals surface area contributed by atoms with E-state index < -0.39 is 0 Å². The van der Waals surface area contributed by atoms with Crippen LogP contribution in [0.25, 0.3) is 0 Å². The first-order valence-electron chi connectivity index (χ1n) is 6.78. The first-order chi connectivity index (χ1) is 8.66. The van der Waals surface area contributed by atoms with Gasteiger partial charge in [-0.25, -0.2) is 0 Å². The molecule has 1 fully saturated rings. The van der Waals surface area contributed by atoms with Crippen LogP contribution in [0.3, 0.4) is 0 Å². The Morgan fingerprint density at radius 3 is 2.39 bits per heavy atom. The number of nitrogens with two attached hydrogens (primary N) is 1. The van der Waals surface area contributed by atoms with Crippen LogP contribution in [0.2, 0.25) is 0 Å². The van der Waals surface area contributed by atoms with Crippen molar-refractivity contribution in [3.63, 3.8) is 0 Å². The minimum atomic E-state index is 0.153. The van der Waals surface area contributed by atoms with Crippen molar-refractivity contribution < 1.29 is 4.79 Å². The summed E-state index contributed by atoms with van der Waals surface area (Å²) in [6.45, 7) is 2.06. The van der Waals surface area contributed by atoms with Gasteiger partial charge in [0.25, 0.3) is 0 Å². The van der Waals surface area contributed by atoms with Crippen LogP contribution in [0.5, 0.6) is 0 Å². The van der Waals surface area contributed by atoms with Gasteiger partial charge in [0.1, 0.15) is 0 Å². The number of hydrogen-bond donors (Lipinski definition) is 2. The summed E-state index contributed by atoms with van der Waals surface area (Å²) in [4.78, 5) is 12.1. The summed E-state index contributed by atoms with van der Waals surface area (Å²) in [5, 5.41) is 2.99. The zero-order chi connectivity index (χ0) is 13.0. The number of rotatable bonds is 3. The standard InChI is InChI=1S/C15H22N2O/c1-11(16)12-7-9-13(10-8-12)15(18)17-14-5-3-2-4-6-14/h2-6,11-13H,7-10,16H2,1H3,(H,17,18). The molecular weight excluding hydrogens is 224 g/mol. The molecule has 3 heteroatoms. The van der Waals surface area contributed by atoms with E-state index in [4.69, 9.17) is 5.73 Å². The number of anilines is 1. The number of amides is 1. The molecule has 0 radical (unpaired) electrons. The average Bonchev–Trinajstić information content (AvgIpc) is 2.40. The van der Waals surface area contributed by atoms with Gasteiger partial charge in [-0.15, -0.1) is 0 Å². The lowest BCUT2D eigenvalue weighted by atomic mass is 9.79. The Bertz CT molecular complexity index is 381. The first kappa shape index (κ1) is 13.1. The van der Waals surface area contributed by atoms with Crippen molar-refractivity contribution in [2.75, 3.05) is 5.32 Å². The quantitative estimate of drug-likeness (QED) is 0.861. The van der Waals surface area contributed by atoms with Crippen molar-refractivity contribution in [2.24, 2.45) is 17.6 Å². The average molecular weight is 246 g/mol. The predicted molar refractivity (Wildman–Crippen MR) is 74.2 cm³/mol. The highest BCUT2D eigenvalue weighted by Crippen LogP contribution is 2.30. The van der Waals surface area contributed by atoms with Gasteiger partial charge in [0.05, 0.1) is 0 Å². The molecule has 1 atom stereocenters. The van der Waals surface area contributed by atoms with Gasteiger partial charge in [-0.2, -0.15) is 0 Å². The molecule has 0 heterocycles. The van der Waals surface area contributed by atoms with Gasteiger partial charge in [0.15, 0.2) is 0 Å². The Hall–Kier alpha value is -1.35. The number of carbonyl (C=O) groups excluding carboxylic acids is 1. The molecule has 0 saturated heterocycles. The Morgan fingerprint density at radius 2 is 1.83 bits per heavy atom. The van der Waals surface area contributed by atoms with E-state index >= 15 is 0 Å². The molecule has 3 nitrogen and oxygen atoms in total. The lowest BCUT2D eigenvalue weighted by Gasteiger charge is -2.29. The van der Waals surface area contributed by atoms with Gasteiger partial charge in [0.2, 0.25) is 5.91 Å². The Labute approximate surface area is 109 Å². The molecule has 98 valence electrons. The topological polar surface area (TPSA) is 55.1 Å². The van der Waals surface area contributed by atoms with E-state index in [1.54, 1.807) is 0 Å². The molecule has 0 spiro atoms. The maximum atomic E-state index is 12.1. The van der Waals surface area contributed by atoms with Crippen molar-refractivity contribution >= 4 is 11.6 Å². The van der Waals surface area contributed by atoms with Gasteiger partial charge in [0, 0.05) is 17.6 Å². The van der Waals surface area contributed by atoms with Gasteiger partial charge in [-0.05, 0) is 50.7 Å². The third-order valence-corrected chi connectivity index (χ3v) is 3.93. The Morgan fingerprint density at radius 1 is 1.22 bits per heavy atom. The second-order valence-electron chi connectivity index (χ2n) is 5.33. The van der Waals surface area contributed by atoms with Crippen LogP contribution in [0.4, 0.5) is 5.69 Å². The van der Waals surface area contributed by atoms with E-state index in [9.17, 15) is 4.79 Å². The van der Waals surface area contributed by atoms with Gasteiger partial charge >= 0.3 is 0 Å². The molecule has 1 aromatic rings. The van der Waals surface area contributed by atoms with E-state index in [1.165, 1.54) is 0 Å². The maximum Gasteiger partial charge on any atom is 0.227 e. The van der Waals surface area contributed by atoms with Crippen molar-refractivity contribution in [1.29, 1.82) is 0 Å². The van der Waals surface area contributed by atoms with E-state index in [1.807, 2.05) is 30.3 Å². The number of benzene rings is 1. The van der Waals surface area contributed by atoms with Crippen molar-refractivity contribution in [3.05, 3.63) is 30.3 Å². The molecule has 18 heavy (non-hydrogen) atoms. The second kappa shape index (κ2) is 6.01. The summed E-state index contributed by atoms with van der Waals surface area (Å²) in [5.74, 6) is 0.898. The van der Waals surface area contributed by atoms with Crippen molar-refractivity contribution in [2.45, 2.75) is 38.6 Å². The van der Waals surface area contributed by atoms with Gasteiger partial charge in [-0.3, -0.25) is 4.79 Å². The first-order valence-corrected chi connectivity index (χ1v) is 6.78. The molecule has 0 aliphatic heterocycles. The summed E-state index contributed by atoms with van der Waals surface area (Å²) in [5.41, 5.74) is 6.80. The largest absolute Gasteiger partial charge is 0.328 e. The molecular formula is C15H22N2O. The summed E-state index contributed by atoms with van der Waals surface area (Å²) >= 11 is 0. The van der Waals surface area contributed by atoms with E-state index in [2.05, 4.69) is 12.2 Å². The number of para-hydroxylation sites is 1. The fourth-order valence-corrected chi connectivity index (χ4v) is 2.67. The third kappa shape index (κ3) is 3.33. The monoisotopic (exact) mass is 246 g/mol. The molecule has 1 aliphatic rings. The summed E-state index contributed by atoms with van der Waals surface area (Å²) in [6.07, 6.45) is 4.07. The predicted octanol–water partition coefficient (Wildman–Crippen LogP) is 2.78. The Balaban J connectivity index is 1.85. The van der Waals surface area contributed by atoms with E-state index in [-0.39, 0.29) is 17.9 Å². The Kier molecular flexibility index (Phi) is 4.37. The molecule has 1 unspecified atom stereocenters. The highest BCUT2D eigenvalue weighted by molar-refractivity contribution is 5.92. The molecule has 0 bridgehead atoms. The van der Waals surface area contributed by atoms with E-state index in [0.717, 1.165) is 31.4 Å². The highest BCUT2D eigenvalue weighted by Gasteiger charge is 2.27. The number of nitrogens with one attached hydrogen (secondary N) is 1. The van der Waals surface area contributed by atoms with Crippen LogP contribution in [-0.2, 0) is 4.79 Å². The van der Waals surface area contributed by atoms with Crippen molar-refractivity contribution in [1.82, 2.24) is 0 Å². The van der Waals surface area contributed by atoms with Crippen LogP contribution in [0, 0.1) is 11.8 Å². The van der Waals surface area contributed by atoms with Crippen molar-refractivity contribution in [3.8, 4) is 0 Å². The lowest BCUT2D eigenvalue weighted by Crippen LogP contribution is -2.33. The normalized spacial score (nSPS) is 25.4. The van der Waals surface area contributed by atoms with Crippen LogP contribution < -0.4 is 11.1 Å². The molecule has 1 aromatic carbocycles. The van der Waals surface area contributed by atoms with Crippen LogP contribution in [-0.4, -0.2) is 11.9 Å². The van der Waals surface area contributed by atoms with Crippen LogP contribution in [0.1, 0.15) is 32.6 Å². The number of hydrogen-bond acceptors (Lipinski definition) is 2. The highest BCUT2D eigenvalue weighted by atomic mass is 16.1. The molecule has 1 amide bonds. The molecule has 1 saturated carbocycles. The fourth-order valence-electron chi connectivity index (χ4n) is 2.67. The summed E-state index contributed by atoms with van der Waals surface area (Å²) < 4.78 is 0. The third-order valence-electron chi connectivity index (χ3n) is 3.93. The zero-order valence-corrected chi connectivity index (χ0v) is 10.9. The van der Waals surface area contributed by atoms with Gasteiger partial charge in [-0.1, -0.05) is 18.2 Å². The smallest absolute Gasteiger partial charge is 0.227 e. The lowest BCUT2D eigenvalue weighted by molar-refractivity contribution is -0.121. The maximum absolute atomic E-state index is 12.1. The van der Waals surface area contributed by atoms with Gasteiger partial charge < -0.3 is 11.1 Å². The second-order valence-corrected chi connectivity index (χ2v) is 5.33. The molecule has 1 aliphatic carbocycles. The summed E-state index contributed by atoms with van der Waals surface area (Å²) in [7, 11) is 0. The minimum Gasteiger partial charge on any atom is -0.328 e.